The number of anilines is 1. The highest BCUT2D eigenvalue weighted by Gasteiger charge is 2.25. The number of benzene rings is 1. The largest absolute Gasteiger partial charge is 0.383 e. The maximum absolute atomic E-state index is 13.4. The Labute approximate surface area is 92.6 Å². The van der Waals surface area contributed by atoms with Gasteiger partial charge in [0.1, 0.15) is 5.82 Å². The van der Waals surface area contributed by atoms with Crippen LogP contribution in [0.3, 0.4) is 0 Å². The van der Waals surface area contributed by atoms with E-state index in [0.717, 1.165) is 13.0 Å². The van der Waals surface area contributed by atoms with Crippen molar-refractivity contribution in [2.75, 3.05) is 18.4 Å². The van der Waals surface area contributed by atoms with Crippen LogP contribution in [0.4, 0.5) is 18.9 Å². The lowest BCUT2D eigenvalue weighted by Gasteiger charge is -2.13. The molecule has 0 radical (unpaired) electrons. The van der Waals surface area contributed by atoms with Gasteiger partial charge in [-0.05, 0) is 25.1 Å². The topological polar surface area (TPSA) is 38.0 Å². The predicted molar refractivity (Wildman–Crippen MR) is 58.1 cm³/mol. The van der Waals surface area contributed by atoms with Gasteiger partial charge < -0.3 is 11.1 Å². The first-order chi connectivity index (χ1) is 7.45. The molecule has 5 heteroatoms. The number of nitrogens with two attached hydrogens (primary N) is 1. The summed E-state index contributed by atoms with van der Waals surface area (Å²) in [7, 11) is 0. The molecule has 0 unspecified atom stereocenters. The zero-order valence-electron chi connectivity index (χ0n) is 9.06. The second kappa shape index (κ2) is 5.21. The second-order valence-corrected chi connectivity index (χ2v) is 3.65. The summed E-state index contributed by atoms with van der Waals surface area (Å²) in [5.74, 6) is -3.69. The van der Waals surface area contributed by atoms with Crippen molar-refractivity contribution in [3.63, 3.8) is 0 Å². The quantitative estimate of drug-likeness (QED) is 0.766. The predicted octanol–water partition coefficient (Wildman–Crippen LogP) is 2.70. The molecule has 0 aliphatic heterocycles. The molecule has 0 saturated heterocycles. The molecule has 0 saturated carbocycles. The van der Waals surface area contributed by atoms with Gasteiger partial charge in [-0.25, -0.2) is 13.2 Å². The van der Waals surface area contributed by atoms with Gasteiger partial charge in [0.25, 0.3) is 5.92 Å². The molecule has 1 aromatic carbocycles. The van der Waals surface area contributed by atoms with Gasteiger partial charge in [0.2, 0.25) is 0 Å². The van der Waals surface area contributed by atoms with Crippen LogP contribution in [0.2, 0.25) is 0 Å². The van der Waals surface area contributed by atoms with E-state index in [1.54, 1.807) is 0 Å². The van der Waals surface area contributed by atoms with Crippen molar-refractivity contribution in [1.82, 2.24) is 0 Å². The lowest BCUT2D eigenvalue weighted by Crippen LogP contribution is -2.11. The number of hydrogen-bond donors (Lipinski definition) is 2. The summed E-state index contributed by atoms with van der Waals surface area (Å²) in [6.45, 7) is 1.76. The molecule has 3 N–H and O–H groups in total. The van der Waals surface area contributed by atoms with E-state index in [1.165, 1.54) is 12.1 Å². The van der Waals surface area contributed by atoms with Crippen molar-refractivity contribution in [2.24, 2.45) is 5.73 Å². The van der Waals surface area contributed by atoms with Crippen molar-refractivity contribution in [2.45, 2.75) is 19.3 Å². The Hall–Kier alpha value is -1.23. The average Bonchev–Trinajstić information content (AvgIpc) is 2.19. The molecule has 0 bridgehead atoms. The summed E-state index contributed by atoms with van der Waals surface area (Å²) in [5, 5.41) is 2.79. The first-order valence-corrected chi connectivity index (χ1v) is 5.07. The molecule has 0 aliphatic rings. The fourth-order valence-corrected chi connectivity index (χ4v) is 1.26. The minimum atomic E-state index is -3.02. The van der Waals surface area contributed by atoms with Crippen molar-refractivity contribution >= 4 is 5.69 Å². The highest BCUT2D eigenvalue weighted by molar-refractivity contribution is 5.46. The third kappa shape index (κ3) is 3.41. The molecule has 0 heterocycles. The van der Waals surface area contributed by atoms with Gasteiger partial charge >= 0.3 is 0 Å². The Morgan fingerprint density at radius 2 is 2.06 bits per heavy atom. The van der Waals surface area contributed by atoms with Gasteiger partial charge in [-0.2, -0.15) is 0 Å². The summed E-state index contributed by atoms with van der Waals surface area (Å²) in [5.41, 5.74) is 5.18. The summed E-state index contributed by atoms with van der Waals surface area (Å²) in [6, 6.07) is 3.39. The van der Waals surface area contributed by atoms with Gasteiger partial charge in [0, 0.05) is 19.0 Å². The van der Waals surface area contributed by atoms with E-state index in [-0.39, 0.29) is 11.3 Å². The normalized spacial score (nSPS) is 11.6. The van der Waals surface area contributed by atoms with E-state index in [9.17, 15) is 13.2 Å². The minimum Gasteiger partial charge on any atom is -0.383 e. The molecule has 0 aromatic heterocycles. The van der Waals surface area contributed by atoms with Crippen LogP contribution in [-0.4, -0.2) is 13.1 Å². The van der Waals surface area contributed by atoms with Crippen LogP contribution in [0.15, 0.2) is 18.2 Å². The Bertz CT molecular complexity index is 348. The van der Waals surface area contributed by atoms with E-state index in [1.807, 2.05) is 0 Å². The Balaban J connectivity index is 2.76. The summed E-state index contributed by atoms with van der Waals surface area (Å²) in [6.07, 6.45) is 0.700. The van der Waals surface area contributed by atoms with E-state index in [4.69, 9.17) is 5.73 Å². The zero-order valence-corrected chi connectivity index (χ0v) is 9.06. The highest BCUT2D eigenvalue weighted by Crippen LogP contribution is 2.29. The van der Waals surface area contributed by atoms with Crippen LogP contribution in [0.25, 0.3) is 0 Å². The summed E-state index contributed by atoms with van der Waals surface area (Å²) < 4.78 is 39.1. The molecule has 0 spiro atoms. The molecule has 0 aliphatic carbocycles. The van der Waals surface area contributed by atoms with Crippen molar-refractivity contribution in [3.8, 4) is 0 Å². The SMILES string of the molecule is CC(F)(F)c1ccc(NCCCN)c(F)c1. The van der Waals surface area contributed by atoms with Crippen LogP contribution >= 0.6 is 0 Å². The Morgan fingerprint density at radius 1 is 1.38 bits per heavy atom. The number of halogens is 3. The third-order valence-electron chi connectivity index (χ3n) is 2.17. The maximum Gasteiger partial charge on any atom is 0.270 e. The fraction of sp³-hybridized carbons (Fsp3) is 0.455. The van der Waals surface area contributed by atoms with Gasteiger partial charge in [-0.3, -0.25) is 0 Å². The molecule has 2 nitrogen and oxygen atoms in total. The number of nitrogens with one attached hydrogen (secondary N) is 1. The third-order valence-corrected chi connectivity index (χ3v) is 2.17. The molecule has 1 rings (SSSR count). The monoisotopic (exact) mass is 232 g/mol. The van der Waals surface area contributed by atoms with Gasteiger partial charge in [-0.1, -0.05) is 6.07 Å². The molecular formula is C11H15F3N2. The van der Waals surface area contributed by atoms with Crippen molar-refractivity contribution < 1.29 is 13.2 Å². The first kappa shape index (κ1) is 12.8. The Morgan fingerprint density at radius 3 is 2.56 bits per heavy atom. The van der Waals surface area contributed by atoms with Gasteiger partial charge in [0.15, 0.2) is 0 Å². The van der Waals surface area contributed by atoms with Gasteiger partial charge in [-0.15, -0.1) is 0 Å². The maximum atomic E-state index is 13.4. The number of hydrogen-bond acceptors (Lipinski definition) is 2. The molecule has 90 valence electrons. The molecule has 0 amide bonds. The highest BCUT2D eigenvalue weighted by atomic mass is 19.3. The van der Waals surface area contributed by atoms with Crippen LogP contribution in [0, 0.1) is 5.82 Å². The molecule has 0 fully saturated rings. The molecule has 16 heavy (non-hydrogen) atoms. The fourth-order valence-electron chi connectivity index (χ4n) is 1.26. The summed E-state index contributed by atoms with van der Waals surface area (Å²) in [4.78, 5) is 0. The standard InChI is InChI=1S/C11H15F3N2/c1-11(13,14)8-3-4-10(9(12)7-8)16-6-2-5-15/h3-4,7,16H,2,5-6,15H2,1H3. The van der Waals surface area contributed by atoms with E-state index < -0.39 is 11.7 Å². The van der Waals surface area contributed by atoms with Crippen LogP contribution in [0.1, 0.15) is 18.9 Å². The van der Waals surface area contributed by atoms with E-state index in [0.29, 0.717) is 19.5 Å². The summed E-state index contributed by atoms with van der Waals surface area (Å²) >= 11 is 0. The van der Waals surface area contributed by atoms with Crippen LogP contribution < -0.4 is 11.1 Å². The van der Waals surface area contributed by atoms with Crippen LogP contribution in [0.5, 0.6) is 0 Å². The lowest BCUT2D eigenvalue weighted by atomic mass is 10.1. The molecule has 0 atom stereocenters. The van der Waals surface area contributed by atoms with Crippen molar-refractivity contribution in [1.29, 1.82) is 0 Å². The second-order valence-electron chi connectivity index (χ2n) is 3.65. The number of rotatable bonds is 5. The van der Waals surface area contributed by atoms with Crippen molar-refractivity contribution in [3.05, 3.63) is 29.6 Å². The van der Waals surface area contributed by atoms with Crippen LogP contribution in [-0.2, 0) is 5.92 Å². The minimum absolute atomic E-state index is 0.224. The first-order valence-electron chi connectivity index (χ1n) is 5.07. The molecule has 1 aromatic rings. The average molecular weight is 232 g/mol. The van der Waals surface area contributed by atoms with Gasteiger partial charge in [0.05, 0.1) is 5.69 Å². The lowest BCUT2D eigenvalue weighted by molar-refractivity contribution is 0.0172. The molecular weight excluding hydrogens is 217 g/mol. The van der Waals surface area contributed by atoms with E-state index in [2.05, 4.69) is 5.32 Å². The van der Waals surface area contributed by atoms with E-state index >= 15 is 0 Å². The zero-order chi connectivity index (χ0) is 12.2. The number of alkyl halides is 2. The Kier molecular flexibility index (Phi) is 4.18. The smallest absolute Gasteiger partial charge is 0.270 e.